The standard InChI is InChI=1S/C36H56O5S/c1-23(2)16-13-17-25(5)18-14-19-26(6)20-15-21-36(12,41-31(11)38)22-32(42-24(3)4)33-29(9)35(40-30(10)37)28(8)27(7)34(33)39/h16,18,20,24,32,39H,13-15,17,19,21-22H2,1-12H3/b25-18+,26-20+. The number of hydrogen-bond acceptors (Lipinski definition) is 6. The van der Waals surface area contributed by atoms with Crippen molar-refractivity contribution in [2.24, 2.45) is 0 Å². The van der Waals surface area contributed by atoms with Gasteiger partial charge in [0.1, 0.15) is 17.1 Å². The van der Waals surface area contributed by atoms with E-state index in [2.05, 4.69) is 59.8 Å². The second-order valence-electron chi connectivity index (χ2n) is 12.5. The summed E-state index contributed by atoms with van der Waals surface area (Å²) in [6.45, 7) is 23.3. The normalized spacial score (nSPS) is 14.4. The molecule has 1 aromatic carbocycles. The summed E-state index contributed by atoms with van der Waals surface area (Å²) in [6, 6.07) is 0. The zero-order chi connectivity index (χ0) is 32.2. The first kappa shape index (κ1) is 37.6. The van der Waals surface area contributed by atoms with Crippen molar-refractivity contribution in [3.63, 3.8) is 0 Å². The van der Waals surface area contributed by atoms with Gasteiger partial charge in [0, 0.05) is 36.6 Å². The molecule has 1 aromatic rings. The van der Waals surface area contributed by atoms with Gasteiger partial charge in [-0.3, -0.25) is 9.59 Å². The zero-order valence-electron chi connectivity index (χ0n) is 28.3. The van der Waals surface area contributed by atoms with E-state index in [1.807, 2.05) is 27.7 Å². The lowest BCUT2D eigenvalue weighted by Gasteiger charge is -2.35. The quantitative estimate of drug-likeness (QED) is 0.116. The smallest absolute Gasteiger partial charge is 0.308 e. The van der Waals surface area contributed by atoms with Gasteiger partial charge in [-0.25, -0.2) is 0 Å². The molecule has 2 unspecified atom stereocenters. The average molecular weight is 601 g/mol. The molecule has 0 saturated heterocycles. The summed E-state index contributed by atoms with van der Waals surface area (Å²) in [7, 11) is 0. The number of carbonyl (C=O) groups excluding carboxylic acids is 2. The topological polar surface area (TPSA) is 72.8 Å². The van der Waals surface area contributed by atoms with Gasteiger partial charge >= 0.3 is 11.9 Å². The van der Waals surface area contributed by atoms with Crippen molar-refractivity contribution in [3.05, 3.63) is 57.2 Å². The fourth-order valence-electron chi connectivity index (χ4n) is 5.27. The number of hydrogen-bond donors (Lipinski definition) is 1. The molecule has 0 spiro atoms. The maximum Gasteiger partial charge on any atom is 0.308 e. The molecule has 236 valence electrons. The maximum absolute atomic E-state index is 12.3. The molecule has 0 aliphatic heterocycles. The van der Waals surface area contributed by atoms with E-state index < -0.39 is 11.6 Å². The van der Waals surface area contributed by atoms with Crippen LogP contribution in [0.15, 0.2) is 34.9 Å². The molecular weight excluding hydrogens is 544 g/mol. The molecule has 0 aromatic heterocycles. The van der Waals surface area contributed by atoms with Crippen molar-refractivity contribution < 1.29 is 24.2 Å². The number of allylic oxidation sites excluding steroid dienone is 6. The van der Waals surface area contributed by atoms with Crippen LogP contribution in [-0.2, 0) is 14.3 Å². The molecule has 6 heteroatoms. The van der Waals surface area contributed by atoms with E-state index in [9.17, 15) is 14.7 Å². The molecule has 0 aliphatic rings. The Balaban J connectivity index is 3.20. The highest BCUT2D eigenvalue weighted by atomic mass is 32.2. The zero-order valence-corrected chi connectivity index (χ0v) is 29.1. The third-order valence-electron chi connectivity index (χ3n) is 7.56. The Hall–Kier alpha value is -2.47. The van der Waals surface area contributed by atoms with Gasteiger partial charge in [-0.1, -0.05) is 48.8 Å². The Kier molecular flexibility index (Phi) is 15.7. The summed E-state index contributed by atoms with van der Waals surface area (Å²) in [4.78, 5) is 24.2. The molecule has 2 atom stereocenters. The van der Waals surface area contributed by atoms with Crippen LogP contribution in [0.3, 0.4) is 0 Å². The Labute approximate surface area is 260 Å². The average Bonchev–Trinajstić information content (AvgIpc) is 2.84. The summed E-state index contributed by atoms with van der Waals surface area (Å²) in [5.74, 6) is -0.00579. The largest absolute Gasteiger partial charge is 0.507 e. The number of phenols is 1. The van der Waals surface area contributed by atoms with Crippen molar-refractivity contribution in [2.75, 3.05) is 0 Å². The summed E-state index contributed by atoms with van der Waals surface area (Å²) in [6.07, 6.45) is 13.1. The SMILES string of the molecule is CC(=O)Oc1c(C)c(C)c(O)c(C(CC(C)(CC/C=C(\C)CC/C=C(\C)CCC=C(C)C)OC(C)=O)SC(C)C)c1C. The van der Waals surface area contributed by atoms with Crippen LogP contribution in [0.4, 0.5) is 0 Å². The van der Waals surface area contributed by atoms with E-state index in [4.69, 9.17) is 9.47 Å². The summed E-state index contributed by atoms with van der Waals surface area (Å²) < 4.78 is 11.6. The monoisotopic (exact) mass is 600 g/mol. The summed E-state index contributed by atoms with van der Waals surface area (Å²) >= 11 is 1.72. The van der Waals surface area contributed by atoms with E-state index in [0.717, 1.165) is 48.8 Å². The van der Waals surface area contributed by atoms with Crippen molar-refractivity contribution in [3.8, 4) is 11.5 Å². The minimum atomic E-state index is -0.740. The molecule has 0 saturated carbocycles. The molecule has 0 fully saturated rings. The van der Waals surface area contributed by atoms with E-state index in [0.29, 0.717) is 24.2 Å². The lowest BCUT2D eigenvalue weighted by Crippen LogP contribution is -2.33. The van der Waals surface area contributed by atoms with Crippen LogP contribution < -0.4 is 4.74 Å². The molecule has 42 heavy (non-hydrogen) atoms. The molecule has 1 rings (SSSR count). The van der Waals surface area contributed by atoms with Gasteiger partial charge in [0.15, 0.2) is 0 Å². The molecular formula is C36H56O5S. The Morgan fingerprint density at radius 2 is 1.38 bits per heavy atom. The summed E-state index contributed by atoms with van der Waals surface area (Å²) in [5.41, 5.74) is 6.31. The van der Waals surface area contributed by atoms with Gasteiger partial charge in [-0.2, -0.15) is 11.8 Å². The van der Waals surface area contributed by atoms with Crippen LogP contribution in [0, 0.1) is 20.8 Å². The third-order valence-corrected chi connectivity index (χ3v) is 8.83. The first-order valence-electron chi connectivity index (χ1n) is 15.3. The minimum absolute atomic E-state index is 0.174. The number of esters is 2. The van der Waals surface area contributed by atoms with E-state index in [1.165, 1.54) is 30.6 Å². The van der Waals surface area contributed by atoms with Crippen molar-refractivity contribution >= 4 is 23.7 Å². The molecule has 1 N–H and O–H groups in total. The van der Waals surface area contributed by atoms with Crippen molar-refractivity contribution in [1.29, 1.82) is 0 Å². The second kappa shape index (κ2) is 17.6. The number of carbonyl (C=O) groups is 2. The Bertz CT molecular complexity index is 1170. The highest BCUT2D eigenvalue weighted by Crippen LogP contribution is 2.49. The van der Waals surface area contributed by atoms with Gasteiger partial charge in [0.05, 0.1) is 0 Å². The van der Waals surface area contributed by atoms with Gasteiger partial charge in [0.2, 0.25) is 0 Å². The van der Waals surface area contributed by atoms with Crippen molar-refractivity contribution in [1.82, 2.24) is 0 Å². The Morgan fingerprint density at radius 3 is 1.88 bits per heavy atom. The molecule has 5 nitrogen and oxygen atoms in total. The first-order chi connectivity index (χ1) is 19.5. The first-order valence-corrected chi connectivity index (χ1v) is 16.2. The fourth-order valence-corrected chi connectivity index (χ4v) is 6.80. The highest BCUT2D eigenvalue weighted by molar-refractivity contribution is 8.00. The molecule has 0 radical (unpaired) electrons. The van der Waals surface area contributed by atoms with Gasteiger partial charge < -0.3 is 14.6 Å². The molecule has 0 amide bonds. The Morgan fingerprint density at radius 1 is 0.833 bits per heavy atom. The van der Waals surface area contributed by atoms with Crippen LogP contribution in [0.1, 0.15) is 135 Å². The predicted octanol–water partition coefficient (Wildman–Crippen LogP) is 10.3. The second-order valence-corrected chi connectivity index (χ2v) is 14.3. The summed E-state index contributed by atoms with van der Waals surface area (Å²) in [5, 5.41) is 11.4. The minimum Gasteiger partial charge on any atom is -0.507 e. The number of benzene rings is 1. The van der Waals surface area contributed by atoms with Crippen LogP contribution in [0.5, 0.6) is 11.5 Å². The molecule has 0 heterocycles. The van der Waals surface area contributed by atoms with Crippen LogP contribution in [0.2, 0.25) is 0 Å². The highest BCUT2D eigenvalue weighted by Gasteiger charge is 2.35. The molecule has 0 aliphatic carbocycles. The molecule has 0 bridgehead atoms. The number of ether oxygens (including phenoxy) is 2. The maximum atomic E-state index is 12.3. The van der Waals surface area contributed by atoms with E-state index in [-0.39, 0.29) is 22.2 Å². The van der Waals surface area contributed by atoms with E-state index >= 15 is 0 Å². The van der Waals surface area contributed by atoms with E-state index in [1.54, 1.807) is 11.8 Å². The van der Waals surface area contributed by atoms with Gasteiger partial charge in [0.25, 0.3) is 0 Å². The predicted molar refractivity (Wildman–Crippen MR) is 179 cm³/mol. The number of thioether (sulfide) groups is 1. The lowest BCUT2D eigenvalue weighted by molar-refractivity contribution is -0.156. The van der Waals surface area contributed by atoms with Crippen LogP contribution in [0.25, 0.3) is 0 Å². The van der Waals surface area contributed by atoms with Crippen molar-refractivity contribution in [2.45, 2.75) is 144 Å². The van der Waals surface area contributed by atoms with Crippen LogP contribution in [-0.4, -0.2) is 27.9 Å². The number of rotatable bonds is 16. The van der Waals surface area contributed by atoms with Gasteiger partial charge in [-0.05, 0) is 110 Å². The van der Waals surface area contributed by atoms with Crippen LogP contribution >= 0.6 is 11.8 Å². The number of phenolic OH excluding ortho intramolecular Hbond substituents is 1. The fraction of sp³-hybridized carbons (Fsp3) is 0.611. The van der Waals surface area contributed by atoms with Gasteiger partial charge in [-0.15, -0.1) is 0 Å². The number of aromatic hydroxyl groups is 1. The third kappa shape index (κ3) is 12.8. The lowest BCUT2D eigenvalue weighted by atomic mass is 9.87.